The van der Waals surface area contributed by atoms with Gasteiger partial charge in [0.15, 0.2) is 0 Å². The zero-order chi connectivity index (χ0) is 19.0. The van der Waals surface area contributed by atoms with Crippen LogP contribution in [0.2, 0.25) is 0 Å². The van der Waals surface area contributed by atoms with Crippen LogP contribution in [0.4, 0.5) is 0 Å². The third kappa shape index (κ3) is 2.33. The van der Waals surface area contributed by atoms with E-state index in [1.54, 1.807) is 0 Å². The summed E-state index contributed by atoms with van der Waals surface area (Å²) in [5.41, 5.74) is 6.97. The summed E-state index contributed by atoms with van der Waals surface area (Å²) in [6.45, 7) is 0. The zero-order valence-electron chi connectivity index (χ0n) is 15.4. The Balaban J connectivity index is 1.91. The molecule has 0 aromatic heterocycles. The first-order valence-corrected chi connectivity index (χ1v) is 9.45. The predicted molar refractivity (Wildman–Crippen MR) is 114 cm³/mol. The van der Waals surface area contributed by atoms with Gasteiger partial charge in [-0.25, -0.2) is 0 Å². The number of rotatable bonds is 4. The van der Waals surface area contributed by atoms with Crippen LogP contribution in [0, 0.1) is 0 Å². The lowest BCUT2D eigenvalue weighted by molar-refractivity contribution is 0.453. The van der Waals surface area contributed by atoms with Gasteiger partial charge >= 0.3 is 7.69 Å². The number of benzene rings is 4. The zero-order valence-corrected chi connectivity index (χ0v) is 15.4. The average Bonchev–Trinajstić information content (AvgIpc) is 3.06. The first kappa shape index (κ1) is 16.8. The van der Waals surface area contributed by atoms with Crippen molar-refractivity contribution in [2.24, 2.45) is 0 Å². The first-order chi connectivity index (χ1) is 13.9. The van der Waals surface area contributed by atoms with Gasteiger partial charge in [-0.3, -0.25) is 0 Å². The van der Waals surface area contributed by atoms with Gasteiger partial charge in [-0.1, -0.05) is 91.0 Å². The van der Waals surface area contributed by atoms with E-state index >= 15 is 0 Å². The molecule has 0 saturated heterocycles. The van der Waals surface area contributed by atoms with Gasteiger partial charge in [0.25, 0.3) is 0 Å². The summed E-state index contributed by atoms with van der Waals surface area (Å²) in [5, 5.41) is 9.25. The smallest absolute Gasteiger partial charge is 0.504 e. The van der Waals surface area contributed by atoms with E-state index in [2.05, 4.69) is 84.9 Å². The van der Waals surface area contributed by atoms with Gasteiger partial charge in [0.2, 0.25) is 0 Å². The van der Waals surface area contributed by atoms with Crippen molar-refractivity contribution >= 4 is 7.69 Å². The van der Waals surface area contributed by atoms with E-state index in [1.807, 2.05) is 18.2 Å². The Labute approximate surface area is 165 Å². The van der Waals surface area contributed by atoms with Gasteiger partial charge in [-0.2, -0.15) is 0 Å². The van der Waals surface area contributed by atoms with E-state index in [1.165, 1.54) is 27.8 Å². The summed E-state index contributed by atoms with van der Waals surface area (Å²) in [5.74, 6) is 0.664. The van der Waals surface area contributed by atoms with E-state index in [9.17, 15) is 5.02 Å². The van der Waals surface area contributed by atoms with E-state index < -0.39 is 5.41 Å². The van der Waals surface area contributed by atoms with Crippen molar-refractivity contribution in [2.75, 3.05) is 0 Å². The molecule has 0 atom stereocenters. The molecule has 0 fully saturated rings. The largest absolute Gasteiger partial charge is 0.539 e. The van der Waals surface area contributed by atoms with Crippen LogP contribution in [0.1, 0.15) is 22.3 Å². The van der Waals surface area contributed by atoms with E-state index in [4.69, 9.17) is 4.65 Å². The molecule has 28 heavy (non-hydrogen) atoms. The maximum absolute atomic E-state index is 9.25. The fourth-order valence-corrected chi connectivity index (χ4v) is 4.61. The fraction of sp³-hybridized carbons (Fsp3) is 0.0400. The highest BCUT2D eigenvalue weighted by Crippen LogP contribution is 2.56. The lowest BCUT2D eigenvalue weighted by Crippen LogP contribution is -2.28. The van der Waals surface area contributed by atoms with Gasteiger partial charge < -0.3 is 9.68 Å². The summed E-state index contributed by atoms with van der Waals surface area (Å²) < 4.78 is 5.42. The van der Waals surface area contributed by atoms with Gasteiger partial charge in [0.05, 0.1) is 5.41 Å². The van der Waals surface area contributed by atoms with Gasteiger partial charge in [0, 0.05) is 0 Å². The minimum atomic E-state index is -0.427. The van der Waals surface area contributed by atoms with Crippen LogP contribution < -0.4 is 4.65 Å². The second kappa shape index (κ2) is 6.70. The first-order valence-electron chi connectivity index (χ1n) is 9.45. The van der Waals surface area contributed by atoms with Crippen molar-refractivity contribution in [3.63, 3.8) is 0 Å². The summed E-state index contributed by atoms with van der Waals surface area (Å²) in [4.78, 5) is 0. The van der Waals surface area contributed by atoms with Crippen molar-refractivity contribution < 1.29 is 9.68 Å². The Kier molecular flexibility index (Phi) is 4.03. The van der Waals surface area contributed by atoms with Crippen LogP contribution in [-0.2, 0) is 5.41 Å². The highest BCUT2D eigenvalue weighted by molar-refractivity contribution is 6.17. The molecular formula is C25H19BO2. The monoisotopic (exact) mass is 362 g/mol. The molecule has 4 aromatic rings. The van der Waals surface area contributed by atoms with Crippen LogP contribution in [-0.4, -0.2) is 12.7 Å². The molecule has 4 aromatic carbocycles. The molecule has 0 amide bonds. The highest BCUT2D eigenvalue weighted by Gasteiger charge is 2.45. The fourth-order valence-electron chi connectivity index (χ4n) is 4.61. The summed E-state index contributed by atoms with van der Waals surface area (Å²) in [6, 6.07) is 36.0. The Morgan fingerprint density at radius 2 is 1.18 bits per heavy atom. The average molecular weight is 362 g/mol. The van der Waals surface area contributed by atoms with Crippen LogP contribution in [0.25, 0.3) is 11.1 Å². The Morgan fingerprint density at radius 3 is 1.82 bits per heavy atom. The van der Waals surface area contributed by atoms with Crippen molar-refractivity contribution in [2.45, 2.75) is 5.41 Å². The van der Waals surface area contributed by atoms with Crippen molar-refractivity contribution in [3.8, 4) is 16.9 Å². The summed E-state index contributed by atoms with van der Waals surface area (Å²) in [6.07, 6.45) is 0. The minimum Gasteiger partial charge on any atom is -0.539 e. The van der Waals surface area contributed by atoms with Gasteiger partial charge in [-0.15, -0.1) is 0 Å². The van der Waals surface area contributed by atoms with Gasteiger partial charge in [-0.05, 0) is 45.5 Å². The van der Waals surface area contributed by atoms with Crippen LogP contribution >= 0.6 is 0 Å². The summed E-state index contributed by atoms with van der Waals surface area (Å²) >= 11 is 0. The topological polar surface area (TPSA) is 29.5 Å². The molecule has 0 radical (unpaired) electrons. The molecule has 3 heteroatoms. The van der Waals surface area contributed by atoms with Crippen molar-refractivity contribution in [1.29, 1.82) is 0 Å². The SMILES string of the molecule is OBOc1cccc(C2(c3ccccc3)c3ccccc3-c3ccccc32)c1. The standard InChI is InChI=1S/C25H19BO2/c27-26-28-20-12-8-11-19(17-20)25(18-9-2-1-3-10-18)23-15-6-4-13-21(23)22-14-5-7-16-24(22)25/h1-17,26-27H. The van der Waals surface area contributed by atoms with E-state index in [0.717, 1.165) is 5.56 Å². The molecule has 0 bridgehead atoms. The van der Waals surface area contributed by atoms with E-state index in [0.29, 0.717) is 5.75 Å². The number of hydrogen-bond acceptors (Lipinski definition) is 2. The third-order valence-electron chi connectivity index (χ3n) is 5.66. The lowest BCUT2D eigenvalue weighted by atomic mass is 9.67. The van der Waals surface area contributed by atoms with Crippen LogP contribution in [0.15, 0.2) is 103 Å². The molecule has 1 N–H and O–H groups in total. The second-order valence-electron chi connectivity index (χ2n) is 7.01. The normalized spacial score (nSPS) is 13.5. The number of fused-ring (bicyclic) bond motifs is 3. The van der Waals surface area contributed by atoms with Gasteiger partial charge in [0.1, 0.15) is 5.75 Å². The molecule has 5 rings (SSSR count). The molecule has 0 unspecified atom stereocenters. The van der Waals surface area contributed by atoms with Crippen LogP contribution in [0.3, 0.4) is 0 Å². The molecule has 0 saturated carbocycles. The molecule has 2 nitrogen and oxygen atoms in total. The predicted octanol–water partition coefficient (Wildman–Crippen LogP) is 4.69. The van der Waals surface area contributed by atoms with Crippen molar-refractivity contribution in [3.05, 3.63) is 125 Å². The minimum absolute atomic E-state index is 0.338. The molecule has 134 valence electrons. The Hall–Kier alpha value is -3.30. The Morgan fingerprint density at radius 1 is 0.607 bits per heavy atom. The molecule has 1 aliphatic carbocycles. The maximum atomic E-state index is 9.25. The van der Waals surface area contributed by atoms with Crippen LogP contribution in [0.5, 0.6) is 5.75 Å². The maximum Gasteiger partial charge on any atom is 0.504 e. The Bertz CT molecular complexity index is 1090. The third-order valence-corrected chi connectivity index (χ3v) is 5.66. The quantitative estimate of drug-likeness (QED) is 0.470. The molecule has 1 aliphatic rings. The van der Waals surface area contributed by atoms with Crippen molar-refractivity contribution in [1.82, 2.24) is 0 Å². The molecular weight excluding hydrogens is 343 g/mol. The molecule has 0 spiro atoms. The lowest BCUT2D eigenvalue weighted by Gasteiger charge is -2.34. The molecule has 0 heterocycles. The molecule has 0 aliphatic heterocycles. The number of hydrogen-bond donors (Lipinski definition) is 1. The van der Waals surface area contributed by atoms with E-state index in [-0.39, 0.29) is 7.69 Å². The second-order valence-corrected chi connectivity index (χ2v) is 7.01. The summed E-state index contributed by atoms with van der Waals surface area (Å²) in [7, 11) is -0.338. The highest BCUT2D eigenvalue weighted by atomic mass is 16.5.